The summed E-state index contributed by atoms with van der Waals surface area (Å²) in [4.78, 5) is 10.4. The fourth-order valence-corrected chi connectivity index (χ4v) is 1.99. The number of hydrogen-bond acceptors (Lipinski definition) is 3. The van der Waals surface area contributed by atoms with Gasteiger partial charge in [0, 0.05) is 11.8 Å². The molecular formula is C8H12O4. The number of rotatable bonds is 2. The third-order valence-electron chi connectivity index (χ3n) is 2.60. The summed E-state index contributed by atoms with van der Waals surface area (Å²) in [6.07, 6.45) is 1.04. The highest BCUT2D eigenvalue weighted by atomic mass is 16.7. The van der Waals surface area contributed by atoms with Crippen LogP contribution in [0.15, 0.2) is 0 Å². The topological polar surface area (TPSA) is 55.8 Å². The van der Waals surface area contributed by atoms with Crippen LogP contribution in [0.25, 0.3) is 0 Å². The van der Waals surface area contributed by atoms with Crippen molar-refractivity contribution in [1.29, 1.82) is 0 Å². The van der Waals surface area contributed by atoms with E-state index in [0.717, 1.165) is 6.42 Å². The van der Waals surface area contributed by atoms with E-state index in [4.69, 9.17) is 14.6 Å². The second-order valence-corrected chi connectivity index (χ2v) is 3.38. The molecule has 0 aromatic carbocycles. The maximum atomic E-state index is 10.4. The van der Waals surface area contributed by atoms with Gasteiger partial charge in [-0.2, -0.15) is 0 Å². The van der Waals surface area contributed by atoms with E-state index in [1.54, 1.807) is 0 Å². The predicted octanol–water partition coefficient (Wildman–Crippen LogP) is 0.470. The molecule has 0 aliphatic carbocycles. The van der Waals surface area contributed by atoms with Crippen molar-refractivity contribution < 1.29 is 19.4 Å². The zero-order valence-electron chi connectivity index (χ0n) is 6.73. The van der Waals surface area contributed by atoms with E-state index >= 15 is 0 Å². The maximum Gasteiger partial charge on any atom is 0.303 e. The van der Waals surface area contributed by atoms with Gasteiger partial charge in [-0.25, -0.2) is 0 Å². The van der Waals surface area contributed by atoms with E-state index in [9.17, 15) is 4.79 Å². The number of fused-ring (bicyclic) bond motifs is 1. The van der Waals surface area contributed by atoms with Gasteiger partial charge in [0.25, 0.3) is 0 Å². The molecule has 4 heteroatoms. The number of carboxylic acid groups (broad SMARTS) is 1. The van der Waals surface area contributed by atoms with E-state index in [0.29, 0.717) is 19.1 Å². The molecule has 2 rings (SSSR count). The minimum atomic E-state index is -0.740. The summed E-state index contributed by atoms with van der Waals surface area (Å²) in [7, 11) is 0. The van der Waals surface area contributed by atoms with Crippen LogP contribution < -0.4 is 0 Å². The second kappa shape index (κ2) is 3.03. The Bertz CT molecular complexity index is 191. The first kappa shape index (κ1) is 8.01. The summed E-state index contributed by atoms with van der Waals surface area (Å²) in [5.74, 6) is -0.257. The molecule has 2 aliphatic rings. The zero-order valence-corrected chi connectivity index (χ0v) is 6.73. The third-order valence-corrected chi connectivity index (χ3v) is 2.60. The molecular weight excluding hydrogens is 160 g/mol. The number of carbonyl (C=O) groups is 1. The zero-order chi connectivity index (χ0) is 8.55. The first-order valence-corrected chi connectivity index (χ1v) is 4.22. The van der Waals surface area contributed by atoms with Crippen LogP contribution in [0.2, 0.25) is 0 Å². The summed E-state index contributed by atoms with van der Waals surface area (Å²) in [5.41, 5.74) is 0. The lowest BCUT2D eigenvalue weighted by Gasteiger charge is -2.11. The molecule has 2 fully saturated rings. The van der Waals surface area contributed by atoms with Crippen molar-refractivity contribution in [3.05, 3.63) is 0 Å². The molecule has 2 saturated heterocycles. The van der Waals surface area contributed by atoms with Gasteiger partial charge in [0.1, 0.15) is 0 Å². The highest BCUT2D eigenvalue weighted by molar-refractivity contribution is 5.67. The summed E-state index contributed by atoms with van der Waals surface area (Å²) in [6, 6.07) is 0. The lowest BCUT2D eigenvalue weighted by molar-refractivity contribution is -0.138. The van der Waals surface area contributed by atoms with Gasteiger partial charge in [0.2, 0.25) is 0 Å². The van der Waals surface area contributed by atoms with Crippen LogP contribution in [0.3, 0.4) is 0 Å². The van der Waals surface area contributed by atoms with E-state index in [-0.39, 0.29) is 18.6 Å². The van der Waals surface area contributed by atoms with Crippen molar-refractivity contribution in [3.63, 3.8) is 0 Å². The molecule has 0 spiro atoms. The average Bonchev–Trinajstić information content (AvgIpc) is 2.52. The minimum Gasteiger partial charge on any atom is -0.481 e. The highest BCUT2D eigenvalue weighted by Crippen LogP contribution is 2.36. The first-order chi connectivity index (χ1) is 5.77. The van der Waals surface area contributed by atoms with Crippen LogP contribution in [0.1, 0.15) is 12.8 Å². The molecule has 0 amide bonds. The van der Waals surface area contributed by atoms with E-state index in [2.05, 4.69) is 0 Å². The maximum absolute atomic E-state index is 10.4. The number of ether oxygens (including phenoxy) is 2. The molecule has 0 bridgehead atoms. The van der Waals surface area contributed by atoms with Gasteiger partial charge in [-0.1, -0.05) is 0 Å². The molecule has 1 N–H and O–H groups in total. The molecule has 4 nitrogen and oxygen atoms in total. The Morgan fingerprint density at radius 2 is 2.33 bits per heavy atom. The molecule has 68 valence electrons. The monoisotopic (exact) mass is 172 g/mol. The largest absolute Gasteiger partial charge is 0.481 e. The van der Waals surface area contributed by atoms with Crippen molar-refractivity contribution in [2.75, 3.05) is 13.2 Å². The molecule has 0 aromatic heterocycles. The van der Waals surface area contributed by atoms with Gasteiger partial charge in [-0.05, 0) is 6.42 Å². The Labute approximate surface area is 70.5 Å². The Hall–Kier alpha value is -0.610. The smallest absolute Gasteiger partial charge is 0.303 e. The molecule has 0 saturated carbocycles. The molecule has 2 aliphatic heterocycles. The van der Waals surface area contributed by atoms with Gasteiger partial charge >= 0.3 is 5.97 Å². The lowest BCUT2D eigenvalue weighted by atomic mass is 9.91. The third kappa shape index (κ3) is 1.32. The van der Waals surface area contributed by atoms with Gasteiger partial charge < -0.3 is 14.6 Å². The molecule has 3 atom stereocenters. The predicted molar refractivity (Wildman–Crippen MR) is 39.5 cm³/mol. The second-order valence-electron chi connectivity index (χ2n) is 3.38. The van der Waals surface area contributed by atoms with Crippen LogP contribution in [0, 0.1) is 11.8 Å². The van der Waals surface area contributed by atoms with Crippen molar-refractivity contribution in [3.8, 4) is 0 Å². The summed E-state index contributed by atoms with van der Waals surface area (Å²) in [6.45, 7) is 1.26. The van der Waals surface area contributed by atoms with Crippen LogP contribution in [-0.4, -0.2) is 30.6 Å². The minimum absolute atomic E-state index is 0.116. The van der Waals surface area contributed by atoms with Gasteiger partial charge in [0.15, 0.2) is 6.29 Å². The number of hydrogen-bond donors (Lipinski definition) is 1. The molecule has 0 unspecified atom stereocenters. The fourth-order valence-electron chi connectivity index (χ4n) is 1.99. The molecule has 12 heavy (non-hydrogen) atoms. The quantitative estimate of drug-likeness (QED) is 0.657. The average molecular weight is 172 g/mol. The molecule has 0 aromatic rings. The SMILES string of the molecule is O=C(O)C[C@@H]1CO[C@@H]2OCC[C@@H]12. The van der Waals surface area contributed by atoms with Crippen LogP contribution >= 0.6 is 0 Å². The standard InChI is InChI=1S/C8H12O4/c9-7(10)3-5-4-12-8-6(5)1-2-11-8/h5-6,8H,1-4H2,(H,9,10)/t5-,6+,8+/m1/s1. The van der Waals surface area contributed by atoms with Crippen molar-refractivity contribution >= 4 is 5.97 Å². The fraction of sp³-hybridized carbons (Fsp3) is 0.875. The Balaban J connectivity index is 1.95. The Morgan fingerprint density at radius 1 is 1.50 bits per heavy atom. The van der Waals surface area contributed by atoms with Crippen molar-refractivity contribution in [2.24, 2.45) is 11.8 Å². The summed E-state index contributed by atoms with van der Waals surface area (Å²) in [5, 5.41) is 8.60. The van der Waals surface area contributed by atoms with E-state index < -0.39 is 5.97 Å². The summed E-state index contributed by atoms with van der Waals surface area (Å²) >= 11 is 0. The van der Waals surface area contributed by atoms with Gasteiger partial charge in [-0.3, -0.25) is 4.79 Å². The summed E-state index contributed by atoms with van der Waals surface area (Å²) < 4.78 is 10.6. The van der Waals surface area contributed by atoms with Crippen molar-refractivity contribution in [1.82, 2.24) is 0 Å². The molecule has 2 heterocycles. The highest BCUT2D eigenvalue weighted by Gasteiger charge is 2.42. The van der Waals surface area contributed by atoms with E-state index in [1.165, 1.54) is 0 Å². The lowest BCUT2D eigenvalue weighted by Crippen LogP contribution is -2.17. The number of aliphatic carboxylic acids is 1. The molecule has 0 radical (unpaired) electrons. The van der Waals surface area contributed by atoms with Crippen LogP contribution in [0.5, 0.6) is 0 Å². The first-order valence-electron chi connectivity index (χ1n) is 4.22. The normalized spacial score (nSPS) is 39.8. The Kier molecular flexibility index (Phi) is 2.02. The van der Waals surface area contributed by atoms with Gasteiger partial charge in [0.05, 0.1) is 19.6 Å². The number of carboxylic acids is 1. The van der Waals surface area contributed by atoms with Gasteiger partial charge in [-0.15, -0.1) is 0 Å². The Morgan fingerprint density at radius 3 is 3.08 bits per heavy atom. The van der Waals surface area contributed by atoms with Crippen LogP contribution in [0.4, 0.5) is 0 Å². The van der Waals surface area contributed by atoms with Crippen molar-refractivity contribution in [2.45, 2.75) is 19.1 Å². The van der Waals surface area contributed by atoms with Crippen LogP contribution in [-0.2, 0) is 14.3 Å². The van der Waals surface area contributed by atoms with E-state index in [1.807, 2.05) is 0 Å².